The fourth-order valence-corrected chi connectivity index (χ4v) is 2.17. The molecule has 0 N–H and O–H groups in total. The van der Waals surface area contributed by atoms with Gasteiger partial charge in [0.2, 0.25) is 0 Å². The van der Waals surface area contributed by atoms with E-state index in [1.165, 1.54) is 11.3 Å². The van der Waals surface area contributed by atoms with E-state index in [1.807, 2.05) is 20.0 Å². The lowest BCUT2D eigenvalue weighted by Crippen LogP contribution is -2.39. The molecule has 0 saturated heterocycles. The highest BCUT2D eigenvalue weighted by atomic mass is 31.0. The first-order valence-corrected chi connectivity index (χ1v) is 7.23. The van der Waals surface area contributed by atoms with Gasteiger partial charge in [0, 0.05) is 32.9 Å². The molecule has 0 aromatic carbocycles. The summed E-state index contributed by atoms with van der Waals surface area (Å²) in [7, 11) is 4.86. The molecule has 3 nitrogen and oxygen atoms in total. The van der Waals surface area contributed by atoms with E-state index in [2.05, 4.69) is 44.1 Å². The zero-order chi connectivity index (χ0) is 12.8. The number of hydrogen-bond acceptors (Lipinski definition) is 3. The number of rotatable bonds is 2. The highest BCUT2D eigenvalue weighted by Crippen LogP contribution is 2.30. The van der Waals surface area contributed by atoms with Gasteiger partial charge in [0.1, 0.15) is 0 Å². The van der Waals surface area contributed by atoms with Crippen LogP contribution in [0.15, 0.2) is 12.3 Å². The van der Waals surface area contributed by atoms with Crippen molar-refractivity contribution >= 4 is 20.7 Å². The van der Waals surface area contributed by atoms with Gasteiger partial charge in [-0.1, -0.05) is 13.8 Å². The molecule has 1 aliphatic heterocycles. The van der Waals surface area contributed by atoms with Crippen molar-refractivity contribution in [3.05, 3.63) is 17.8 Å². The van der Waals surface area contributed by atoms with E-state index in [1.54, 1.807) is 0 Å². The number of anilines is 2. The minimum Gasteiger partial charge on any atom is -0.367 e. The number of likely N-dealkylation sites (N-methyl/N-ethyl adjacent to an activating group) is 2. The van der Waals surface area contributed by atoms with Crippen LogP contribution >= 0.6 is 9.24 Å². The molecule has 96 valence electrons. The summed E-state index contributed by atoms with van der Waals surface area (Å²) < 4.78 is 0. The van der Waals surface area contributed by atoms with Gasteiger partial charge in [-0.25, -0.2) is 4.98 Å². The van der Waals surface area contributed by atoms with E-state index in [4.69, 9.17) is 0 Å². The molecule has 0 aliphatic carbocycles. The molecular formula is C13H24N3P. The van der Waals surface area contributed by atoms with E-state index in [9.17, 15) is 0 Å². The molecule has 0 fully saturated rings. The van der Waals surface area contributed by atoms with Gasteiger partial charge in [0.15, 0.2) is 5.82 Å². The summed E-state index contributed by atoms with van der Waals surface area (Å²) in [6.45, 7) is 9.42. The Morgan fingerprint density at radius 2 is 2.06 bits per heavy atom. The molecule has 0 saturated carbocycles. The third-order valence-electron chi connectivity index (χ3n) is 2.93. The van der Waals surface area contributed by atoms with Crippen LogP contribution in [0.4, 0.5) is 11.5 Å². The van der Waals surface area contributed by atoms with Gasteiger partial charge in [0.25, 0.3) is 0 Å². The maximum absolute atomic E-state index is 4.54. The quantitative estimate of drug-likeness (QED) is 0.755. The molecule has 2 rings (SSSR count). The summed E-state index contributed by atoms with van der Waals surface area (Å²) in [5.74, 6) is 1.12. The zero-order valence-corrected chi connectivity index (χ0v) is 12.6. The van der Waals surface area contributed by atoms with Gasteiger partial charge in [-0.15, -0.1) is 9.24 Å². The normalized spacial score (nSPS) is 13.9. The highest BCUT2D eigenvalue weighted by molar-refractivity contribution is 7.15. The van der Waals surface area contributed by atoms with Crippen LogP contribution in [-0.4, -0.2) is 31.7 Å². The van der Waals surface area contributed by atoms with Crippen LogP contribution in [0.25, 0.3) is 0 Å². The van der Waals surface area contributed by atoms with Gasteiger partial charge in [-0.3, -0.25) is 0 Å². The summed E-state index contributed by atoms with van der Waals surface area (Å²) in [4.78, 5) is 9.17. The van der Waals surface area contributed by atoms with E-state index in [0.29, 0.717) is 0 Å². The monoisotopic (exact) mass is 253 g/mol. The van der Waals surface area contributed by atoms with Crippen molar-refractivity contribution in [3.63, 3.8) is 0 Å². The van der Waals surface area contributed by atoms with Crippen molar-refractivity contribution < 1.29 is 0 Å². The lowest BCUT2D eigenvalue weighted by molar-refractivity contribution is 0.742. The highest BCUT2D eigenvalue weighted by Gasteiger charge is 2.20. The van der Waals surface area contributed by atoms with Crippen LogP contribution in [0, 0.1) is 0 Å². The van der Waals surface area contributed by atoms with Gasteiger partial charge < -0.3 is 9.80 Å². The van der Waals surface area contributed by atoms with Crippen molar-refractivity contribution in [3.8, 4) is 0 Å². The molecule has 2 heterocycles. The van der Waals surface area contributed by atoms with Crippen LogP contribution in [0.3, 0.4) is 0 Å². The molecule has 17 heavy (non-hydrogen) atoms. The zero-order valence-electron chi connectivity index (χ0n) is 11.4. The number of pyridine rings is 1. The molecule has 1 aromatic heterocycles. The van der Waals surface area contributed by atoms with E-state index in [0.717, 1.165) is 31.6 Å². The molecule has 1 aliphatic rings. The molecule has 1 aromatic rings. The Labute approximate surface area is 107 Å². The maximum Gasteiger partial charge on any atom is 0.151 e. The van der Waals surface area contributed by atoms with Gasteiger partial charge in [-0.2, -0.15) is 0 Å². The number of nitrogens with zero attached hydrogens (tertiary/aromatic N) is 3. The fraction of sp³-hybridized carbons (Fsp3) is 0.615. The molecule has 0 spiro atoms. The summed E-state index contributed by atoms with van der Waals surface area (Å²) >= 11 is 0. The van der Waals surface area contributed by atoms with Gasteiger partial charge >= 0.3 is 0 Å². The summed E-state index contributed by atoms with van der Waals surface area (Å²) in [5, 5.41) is 0. The second-order valence-electron chi connectivity index (χ2n) is 3.89. The lowest BCUT2D eigenvalue weighted by Gasteiger charge is -2.35. The number of fused-ring (bicyclic) bond motifs is 1. The SMILES string of the molecule is CC.CCN1CCN(C)c2ncc(CP)cc21. The van der Waals surface area contributed by atoms with Crippen LogP contribution < -0.4 is 9.80 Å². The fourth-order valence-electron chi connectivity index (χ4n) is 1.95. The second-order valence-corrected chi connectivity index (χ2v) is 4.30. The number of hydrogen-bond donors (Lipinski definition) is 0. The first-order chi connectivity index (χ1) is 8.26. The van der Waals surface area contributed by atoms with Crippen LogP contribution in [0.5, 0.6) is 0 Å². The van der Waals surface area contributed by atoms with Gasteiger partial charge in [-0.05, 0) is 24.7 Å². The maximum atomic E-state index is 4.54. The Morgan fingerprint density at radius 1 is 1.35 bits per heavy atom. The first-order valence-electron chi connectivity index (χ1n) is 6.41. The third kappa shape index (κ3) is 3.10. The molecule has 0 bridgehead atoms. The minimum absolute atomic E-state index is 0.974. The summed E-state index contributed by atoms with van der Waals surface area (Å²) in [5.41, 5.74) is 2.57. The molecule has 4 heteroatoms. The average molecular weight is 253 g/mol. The predicted molar refractivity (Wildman–Crippen MR) is 80.2 cm³/mol. The van der Waals surface area contributed by atoms with Crippen LogP contribution in [0.1, 0.15) is 26.3 Å². The van der Waals surface area contributed by atoms with Crippen molar-refractivity contribution in [2.75, 3.05) is 36.5 Å². The molecule has 1 atom stereocenters. The Bertz CT molecular complexity index is 355. The van der Waals surface area contributed by atoms with Crippen LogP contribution in [0.2, 0.25) is 0 Å². The molecule has 0 radical (unpaired) electrons. The first kappa shape index (κ1) is 14.2. The standard InChI is InChI=1S/C11H18N3P.C2H6/c1-3-14-5-4-13(2)11-10(14)6-9(8-15)7-12-11;1-2/h6-7H,3-5,8,15H2,1-2H3;1-2H3. The topological polar surface area (TPSA) is 19.4 Å². The van der Waals surface area contributed by atoms with Crippen molar-refractivity contribution in [2.45, 2.75) is 26.9 Å². The third-order valence-corrected chi connectivity index (χ3v) is 3.40. The smallest absolute Gasteiger partial charge is 0.151 e. The van der Waals surface area contributed by atoms with Crippen molar-refractivity contribution in [1.29, 1.82) is 0 Å². The van der Waals surface area contributed by atoms with Crippen molar-refractivity contribution in [1.82, 2.24) is 4.98 Å². The van der Waals surface area contributed by atoms with E-state index in [-0.39, 0.29) is 0 Å². The lowest BCUT2D eigenvalue weighted by atomic mass is 10.2. The van der Waals surface area contributed by atoms with E-state index >= 15 is 0 Å². The number of aromatic nitrogens is 1. The second kappa shape index (κ2) is 6.80. The predicted octanol–water partition coefficient (Wildman–Crippen LogP) is 2.76. The van der Waals surface area contributed by atoms with Gasteiger partial charge in [0.05, 0.1) is 5.69 Å². The summed E-state index contributed by atoms with van der Waals surface area (Å²) in [6, 6.07) is 2.26. The molecule has 1 unspecified atom stereocenters. The Kier molecular flexibility index (Phi) is 5.70. The average Bonchev–Trinajstić information content (AvgIpc) is 2.41. The van der Waals surface area contributed by atoms with Crippen molar-refractivity contribution in [2.24, 2.45) is 0 Å². The molecule has 0 amide bonds. The Hall–Kier alpha value is -0.820. The van der Waals surface area contributed by atoms with Crippen LogP contribution in [-0.2, 0) is 6.16 Å². The summed E-state index contributed by atoms with van der Waals surface area (Å²) in [6.07, 6.45) is 2.95. The largest absolute Gasteiger partial charge is 0.367 e. The van der Waals surface area contributed by atoms with E-state index < -0.39 is 0 Å². The minimum atomic E-state index is 0.974. The molecular weight excluding hydrogens is 229 g/mol. The Balaban J connectivity index is 0.000000686. The Morgan fingerprint density at radius 3 is 2.65 bits per heavy atom.